The summed E-state index contributed by atoms with van der Waals surface area (Å²) in [6, 6.07) is 0. The Morgan fingerprint density at radius 2 is 1.28 bits per heavy atom. The van der Waals surface area contributed by atoms with Crippen LogP contribution in [0.3, 0.4) is 0 Å². The molecule has 2 saturated heterocycles. The van der Waals surface area contributed by atoms with E-state index in [2.05, 4.69) is 44.5 Å². The maximum Gasteiger partial charge on any atom is 0.170 e. The second-order valence-electron chi connectivity index (χ2n) is 8.74. The Labute approximate surface area is 157 Å². The molecule has 0 amide bonds. The predicted octanol–water partition coefficient (Wildman–Crippen LogP) is 4.53. The van der Waals surface area contributed by atoms with Gasteiger partial charge in [0, 0.05) is 30.8 Å². The first-order valence-corrected chi connectivity index (χ1v) is 10.4. The van der Waals surface area contributed by atoms with Gasteiger partial charge in [-0.1, -0.05) is 6.42 Å². The van der Waals surface area contributed by atoms with Gasteiger partial charge < -0.3 is 9.47 Å². The third kappa shape index (κ3) is 7.94. The Balaban J connectivity index is 0.000000257. The van der Waals surface area contributed by atoms with Gasteiger partial charge >= 0.3 is 0 Å². The Kier molecular flexibility index (Phi) is 9.94. The van der Waals surface area contributed by atoms with Gasteiger partial charge in [-0.15, -0.1) is 0 Å². The summed E-state index contributed by atoms with van der Waals surface area (Å²) in [5.41, 5.74) is 0.809. The van der Waals surface area contributed by atoms with E-state index in [-0.39, 0.29) is 6.29 Å². The van der Waals surface area contributed by atoms with Crippen LogP contribution in [0.5, 0.6) is 0 Å². The van der Waals surface area contributed by atoms with E-state index in [4.69, 9.17) is 9.47 Å². The van der Waals surface area contributed by atoms with Crippen molar-refractivity contribution < 1.29 is 9.47 Å². The normalized spacial score (nSPS) is 24.0. The summed E-state index contributed by atoms with van der Waals surface area (Å²) in [5, 5.41) is 0. The molecule has 0 bridgehead atoms. The molecular weight excluding hydrogens is 312 g/mol. The van der Waals surface area contributed by atoms with Gasteiger partial charge in [-0.2, -0.15) is 0 Å². The Bertz CT molecular complexity index is 330. The van der Waals surface area contributed by atoms with Crippen molar-refractivity contribution in [1.29, 1.82) is 0 Å². The lowest BCUT2D eigenvalue weighted by Crippen LogP contribution is -2.56. The number of nitrogens with zero attached hydrogens (tertiary/aromatic N) is 2. The monoisotopic (exact) mass is 356 g/mol. The molecule has 2 aliphatic rings. The molecule has 0 aromatic carbocycles. The number of ether oxygens (including phenoxy) is 2. The molecule has 2 fully saturated rings. The topological polar surface area (TPSA) is 24.9 Å². The fraction of sp³-hybridized carbons (Fsp3) is 1.00. The zero-order valence-electron chi connectivity index (χ0n) is 18.1. The molecule has 0 radical (unpaired) electrons. The number of likely N-dealkylation sites (tertiary alicyclic amines) is 2. The summed E-state index contributed by atoms with van der Waals surface area (Å²) in [5.74, 6) is 0. The molecule has 0 atom stereocenters. The van der Waals surface area contributed by atoms with E-state index in [9.17, 15) is 0 Å². The van der Waals surface area contributed by atoms with Gasteiger partial charge in [0.2, 0.25) is 0 Å². The van der Waals surface area contributed by atoms with E-state index in [1.165, 1.54) is 51.6 Å². The Morgan fingerprint density at radius 1 is 0.800 bits per heavy atom. The van der Waals surface area contributed by atoms with Crippen LogP contribution in [0.2, 0.25) is 0 Å². The average molecular weight is 357 g/mol. The van der Waals surface area contributed by atoms with Gasteiger partial charge in [-0.05, 0) is 93.8 Å². The molecule has 0 N–H and O–H groups in total. The minimum atomic E-state index is -0.0249. The number of rotatable bonds is 6. The highest BCUT2D eigenvalue weighted by molar-refractivity contribution is 4.94. The quantitative estimate of drug-likeness (QED) is 0.653. The van der Waals surface area contributed by atoms with Gasteiger partial charge in [-0.25, -0.2) is 0 Å². The van der Waals surface area contributed by atoms with Crippen molar-refractivity contribution in [2.75, 3.05) is 39.9 Å². The fourth-order valence-corrected chi connectivity index (χ4v) is 3.99. The molecule has 0 saturated carbocycles. The molecule has 0 aromatic rings. The molecule has 150 valence electrons. The van der Waals surface area contributed by atoms with Crippen LogP contribution in [0, 0.1) is 0 Å². The smallest absolute Gasteiger partial charge is 0.170 e. The van der Waals surface area contributed by atoms with Crippen LogP contribution in [0.15, 0.2) is 0 Å². The highest BCUT2D eigenvalue weighted by atomic mass is 16.7. The zero-order chi connectivity index (χ0) is 18.9. The molecule has 0 aliphatic carbocycles. The van der Waals surface area contributed by atoms with Crippen molar-refractivity contribution in [3.05, 3.63) is 0 Å². The molecule has 0 spiro atoms. The van der Waals surface area contributed by atoms with E-state index >= 15 is 0 Å². The van der Waals surface area contributed by atoms with Crippen LogP contribution in [0.4, 0.5) is 0 Å². The number of piperidine rings is 2. The molecule has 4 heteroatoms. The standard InChI is InChI=1S/C11H23NO2.C10H21N/c1-3-13-11(14-4-2)10-12-8-6-5-7-9-12;1-9(2)7-6-8-10(3,4)11(9)5/h11H,3-10H2,1-2H3;6-8H2,1-5H3. The largest absolute Gasteiger partial charge is 0.352 e. The first kappa shape index (κ1) is 22.9. The van der Waals surface area contributed by atoms with E-state index in [0.29, 0.717) is 11.1 Å². The van der Waals surface area contributed by atoms with E-state index < -0.39 is 0 Å². The summed E-state index contributed by atoms with van der Waals surface area (Å²) in [6.45, 7) is 18.2. The number of hydrogen-bond donors (Lipinski definition) is 0. The van der Waals surface area contributed by atoms with Crippen LogP contribution in [-0.2, 0) is 9.47 Å². The zero-order valence-corrected chi connectivity index (χ0v) is 18.1. The summed E-state index contributed by atoms with van der Waals surface area (Å²) in [7, 11) is 2.25. The van der Waals surface area contributed by atoms with Crippen molar-refractivity contribution in [2.24, 2.45) is 0 Å². The van der Waals surface area contributed by atoms with Crippen molar-refractivity contribution in [3.63, 3.8) is 0 Å². The fourth-order valence-electron chi connectivity index (χ4n) is 3.99. The summed E-state index contributed by atoms with van der Waals surface area (Å²) < 4.78 is 11.0. The molecule has 0 aromatic heterocycles. The molecule has 4 nitrogen and oxygen atoms in total. The molecule has 2 rings (SSSR count). The minimum absolute atomic E-state index is 0.0249. The second kappa shape index (κ2) is 10.9. The van der Waals surface area contributed by atoms with Crippen molar-refractivity contribution >= 4 is 0 Å². The van der Waals surface area contributed by atoms with E-state index in [1.54, 1.807) is 0 Å². The maximum atomic E-state index is 5.52. The van der Waals surface area contributed by atoms with E-state index in [0.717, 1.165) is 19.8 Å². The third-order valence-electron chi connectivity index (χ3n) is 5.95. The van der Waals surface area contributed by atoms with Gasteiger partial charge in [0.15, 0.2) is 6.29 Å². The van der Waals surface area contributed by atoms with Gasteiger partial charge in [-0.3, -0.25) is 9.80 Å². The van der Waals surface area contributed by atoms with Crippen LogP contribution < -0.4 is 0 Å². The molecule has 2 aliphatic heterocycles. The van der Waals surface area contributed by atoms with Gasteiger partial charge in [0.1, 0.15) is 0 Å². The van der Waals surface area contributed by atoms with E-state index in [1.807, 2.05) is 13.8 Å². The van der Waals surface area contributed by atoms with Crippen LogP contribution in [0.25, 0.3) is 0 Å². The first-order valence-electron chi connectivity index (χ1n) is 10.4. The second-order valence-corrected chi connectivity index (χ2v) is 8.74. The lowest BCUT2D eigenvalue weighted by Gasteiger charge is -2.50. The highest BCUT2D eigenvalue weighted by Gasteiger charge is 2.38. The lowest BCUT2D eigenvalue weighted by atomic mass is 9.80. The summed E-state index contributed by atoms with van der Waals surface area (Å²) >= 11 is 0. The van der Waals surface area contributed by atoms with Crippen molar-refractivity contribution in [3.8, 4) is 0 Å². The van der Waals surface area contributed by atoms with Gasteiger partial charge in [0.05, 0.1) is 0 Å². The van der Waals surface area contributed by atoms with Crippen LogP contribution in [0.1, 0.15) is 80.1 Å². The number of hydrogen-bond acceptors (Lipinski definition) is 4. The molecule has 0 unspecified atom stereocenters. The summed E-state index contributed by atoms with van der Waals surface area (Å²) in [4.78, 5) is 4.96. The maximum absolute atomic E-state index is 5.52. The van der Waals surface area contributed by atoms with Crippen molar-refractivity contribution in [1.82, 2.24) is 9.80 Å². The third-order valence-corrected chi connectivity index (χ3v) is 5.95. The predicted molar refractivity (Wildman–Crippen MR) is 107 cm³/mol. The van der Waals surface area contributed by atoms with Crippen LogP contribution in [-0.4, -0.2) is 67.1 Å². The molecular formula is C21H44N2O2. The SMILES string of the molecule is CCOC(CN1CCCCC1)OCC.CN1C(C)(C)CCCC1(C)C. The Morgan fingerprint density at radius 3 is 1.68 bits per heavy atom. The van der Waals surface area contributed by atoms with Gasteiger partial charge in [0.25, 0.3) is 0 Å². The molecule has 2 heterocycles. The average Bonchev–Trinajstić information content (AvgIpc) is 2.55. The summed E-state index contributed by atoms with van der Waals surface area (Å²) in [6.07, 6.45) is 8.06. The minimum Gasteiger partial charge on any atom is -0.352 e. The van der Waals surface area contributed by atoms with Crippen LogP contribution >= 0.6 is 0 Å². The molecule has 25 heavy (non-hydrogen) atoms. The van der Waals surface area contributed by atoms with Crippen molar-refractivity contribution in [2.45, 2.75) is 97.4 Å². The highest BCUT2D eigenvalue weighted by Crippen LogP contribution is 2.36. The first-order chi connectivity index (χ1) is 11.7. The lowest BCUT2D eigenvalue weighted by molar-refractivity contribution is -0.148. The Hall–Kier alpha value is -0.160.